The van der Waals surface area contributed by atoms with E-state index >= 15 is 0 Å². The van der Waals surface area contributed by atoms with Gasteiger partial charge in [0.1, 0.15) is 17.4 Å². The van der Waals surface area contributed by atoms with E-state index in [9.17, 15) is 4.79 Å². The fourth-order valence-electron chi connectivity index (χ4n) is 2.06. The van der Waals surface area contributed by atoms with E-state index in [4.69, 9.17) is 9.47 Å². The summed E-state index contributed by atoms with van der Waals surface area (Å²) in [5, 5.41) is 0. The first kappa shape index (κ1) is 12.7. The van der Waals surface area contributed by atoms with Crippen molar-refractivity contribution in [3.8, 4) is 5.75 Å². The molecule has 2 rings (SSSR count). The van der Waals surface area contributed by atoms with Crippen LogP contribution in [0.4, 0.5) is 0 Å². The minimum atomic E-state index is -0.316. The molecule has 0 unspecified atom stereocenters. The van der Waals surface area contributed by atoms with Gasteiger partial charge in [0.2, 0.25) is 0 Å². The average molecular weight is 246 g/mol. The summed E-state index contributed by atoms with van der Waals surface area (Å²) in [7, 11) is 1.55. The number of hydrogen-bond donors (Lipinski definition) is 0. The van der Waals surface area contributed by atoms with Crippen molar-refractivity contribution in [2.24, 2.45) is 0 Å². The molecule has 0 spiro atoms. The highest BCUT2D eigenvalue weighted by atomic mass is 16.5. The van der Waals surface area contributed by atoms with E-state index in [1.807, 2.05) is 18.2 Å². The van der Waals surface area contributed by atoms with E-state index in [-0.39, 0.29) is 12.1 Å². The van der Waals surface area contributed by atoms with Gasteiger partial charge in [0.25, 0.3) is 0 Å². The molecule has 0 radical (unpaired) electrons. The van der Waals surface area contributed by atoms with Gasteiger partial charge in [0.05, 0.1) is 7.11 Å². The maximum atomic E-state index is 12.1. The fourth-order valence-corrected chi connectivity index (χ4v) is 2.06. The predicted octanol–water partition coefficient (Wildman–Crippen LogP) is 3.35. The molecule has 0 saturated carbocycles. The van der Waals surface area contributed by atoms with Crippen molar-refractivity contribution in [1.29, 1.82) is 0 Å². The van der Waals surface area contributed by atoms with Gasteiger partial charge >= 0.3 is 5.97 Å². The van der Waals surface area contributed by atoms with Gasteiger partial charge in [-0.25, -0.2) is 4.79 Å². The molecule has 0 heterocycles. The molecule has 1 aromatic rings. The molecule has 0 saturated heterocycles. The second-order valence-electron chi connectivity index (χ2n) is 4.36. The van der Waals surface area contributed by atoms with Crippen LogP contribution in [0.1, 0.15) is 36.0 Å². The molecule has 1 aliphatic carbocycles. The molecule has 0 bridgehead atoms. The van der Waals surface area contributed by atoms with E-state index in [0.29, 0.717) is 11.3 Å². The summed E-state index contributed by atoms with van der Waals surface area (Å²) in [5.74, 6) is 0.240. The van der Waals surface area contributed by atoms with Crippen molar-refractivity contribution in [1.82, 2.24) is 0 Å². The Hall–Kier alpha value is -1.77. The molecule has 0 fully saturated rings. The molecule has 3 nitrogen and oxygen atoms in total. The monoisotopic (exact) mass is 246 g/mol. The predicted molar refractivity (Wildman–Crippen MR) is 69.8 cm³/mol. The van der Waals surface area contributed by atoms with E-state index < -0.39 is 0 Å². The van der Waals surface area contributed by atoms with Crippen LogP contribution in [0.3, 0.4) is 0 Å². The lowest BCUT2D eigenvalue weighted by Crippen LogP contribution is -2.16. The van der Waals surface area contributed by atoms with Crippen molar-refractivity contribution in [3.63, 3.8) is 0 Å². The first-order valence-electron chi connectivity index (χ1n) is 6.32. The summed E-state index contributed by atoms with van der Waals surface area (Å²) in [6.07, 6.45) is 8.20. The third-order valence-electron chi connectivity index (χ3n) is 3.05. The van der Waals surface area contributed by atoms with Crippen molar-refractivity contribution in [3.05, 3.63) is 42.0 Å². The molecule has 1 aliphatic rings. The summed E-state index contributed by atoms with van der Waals surface area (Å²) in [6.45, 7) is 0. The van der Waals surface area contributed by atoms with Crippen molar-refractivity contribution >= 4 is 5.97 Å². The number of allylic oxidation sites excluding steroid dienone is 1. The van der Waals surface area contributed by atoms with Crippen molar-refractivity contribution in [2.75, 3.05) is 7.11 Å². The first-order chi connectivity index (χ1) is 8.81. The number of hydrogen-bond acceptors (Lipinski definition) is 3. The van der Waals surface area contributed by atoms with Gasteiger partial charge in [0.15, 0.2) is 0 Å². The van der Waals surface area contributed by atoms with Crippen LogP contribution in [-0.2, 0) is 4.74 Å². The number of methoxy groups -OCH3 is 1. The second kappa shape index (κ2) is 6.24. The third kappa shape index (κ3) is 3.13. The molecule has 18 heavy (non-hydrogen) atoms. The highest BCUT2D eigenvalue weighted by Gasteiger charge is 2.17. The van der Waals surface area contributed by atoms with Crippen LogP contribution < -0.4 is 4.74 Å². The zero-order chi connectivity index (χ0) is 12.8. The average Bonchev–Trinajstić information content (AvgIpc) is 2.67. The molecule has 0 amide bonds. The number of esters is 1. The highest BCUT2D eigenvalue weighted by molar-refractivity contribution is 5.92. The fraction of sp³-hybridized carbons (Fsp3) is 0.400. The molecule has 0 aromatic heterocycles. The Balaban J connectivity index is 2.06. The Kier molecular flexibility index (Phi) is 4.40. The molecular weight excluding hydrogens is 228 g/mol. The van der Waals surface area contributed by atoms with Gasteiger partial charge in [-0.2, -0.15) is 0 Å². The minimum absolute atomic E-state index is 0.107. The zero-order valence-electron chi connectivity index (χ0n) is 10.6. The minimum Gasteiger partial charge on any atom is -0.496 e. The first-order valence-corrected chi connectivity index (χ1v) is 6.32. The standard InChI is InChI=1S/C15H18O3/c1-17-14-11-7-6-10-13(14)15(16)18-12-8-4-2-3-5-9-12/h4,6-8,10-12H,2-3,5,9H2,1H3/t12-/m1/s1. The summed E-state index contributed by atoms with van der Waals surface area (Å²) < 4.78 is 10.7. The number of ether oxygens (including phenoxy) is 2. The van der Waals surface area contributed by atoms with Crippen LogP contribution in [0, 0.1) is 0 Å². The molecule has 96 valence electrons. The summed E-state index contributed by atoms with van der Waals surface area (Å²) >= 11 is 0. The molecular formula is C15H18O3. The van der Waals surface area contributed by atoms with Crippen LogP contribution in [0.2, 0.25) is 0 Å². The van der Waals surface area contributed by atoms with E-state index in [0.717, 1.165) is 19.3 Å². The zero-order valence-corrected chi connectivity index (χ0v) is 10.6. The number of benzene rings is 1. The molecule has 0 aliphatic heterocycles. The van der Waals surface area contributed by atoms with Crippen molar-refractivity contribution in [2.45, 2.75) is 31.8 Å². The van der Waals surface area contributed by atoms with Gasteiger partial charge < -0.3 is 9.47 Å². The Morgan fingerprint density at radius 3 is 2.94 bits per heavy atom. The number of carbonyl (C=O) groups is 1. The third-order valence-corrected chi connectivity index (χ3v) is 3.05. The van der Waals surface area contributed by atoms with E-state index in [1.54, 1.807) is 19.2 Å². The highest BCUT2D eigenvalue weighted by Crippen LogP contribution is 2.21. The smallest absolute Gasteiger partial charge is 0.342 e. The Labute approximate surface area is 107 Å². The van der Waals surface area contributed by atoms with Gasteiger partial charge in [0, 0.05) is 0 Å². The van der Waals surface area contributed by atoms with E-state index in [2.05, 4.69) is 6.08 Å². The molecule has 0 N–H and O–H groups in total. The largest absolute Gasteiger partial charge is 0.496 e. The van der Waals surface area contributed by atoms with Gasteiger partial charge in [-0.15, -0.1) is 0 Å². The lowest BCUT2D eigenvalue weighted by molar-refractivity contribution is 0.0376. The Bertz CT molecular complexity index is 437. The lowest BCUT2D eigenvalue weighted by atomic mass is 10.1. The van der Waals surface area contributed by atoms with Crippen LogP contribution >= 0.6 is 0 Å². The maximum Gasteiger partial charge on any atom is 0.342 e. The normalized spacial score (nSPS) is 19.1. The van der Waals surface area contributed by atoms with Crippen LogP contribution in [-0.4, -0.2) is 19.2 Å². The van der Waals surface area contributed by atoms with Gasteiger partial charge in [-0.1, -0.05) is 18.2 Å². The van der Waals surface area contributed by atoms with Crippen molar-refractivity contribution < 1.29 is 14.3 Å². The summed E-state index contributed by atoms with van der Waals surface area (Å²) in [6, 6.07) is 7.13. The van der Waals surface area contributed by atoms with Crippen LogP contribution in [0.15, 0.2) is 36.4 Å². The topological polar surface area (TPSA) is 35.5 Å². The SMILES string of the molecule is COc1ccccc1C(=O)O[C@@H]1C=CCCCC1. The lowest BCUT2D eigenvalue weighted by Gasteiger charge is -2.14. The van der Waals surface area contributed by atoms with Crippen LogP contribution in [0.5, 0.6) is 5.75 Å². The van der Waals surface area contributed by atoms with E-state index in [1.165, 1.54) is 6.42 Å². The number of para-hydroxylation sites is 1. The quantitative estimate of drug-likeness (QED) is 0.606. The Morgan fingerprint density at radius 1 is 1.28 bits per heavy atom. The maximum absolute atomic E-state index is 12.1. The van der Waals surface area contributed by atoms with Gasteiger partial charge in [-0.3, -0.25) is 0 Å². The molecule has 3 heteroatoms. The van der Waals surface area contributed by atoms with Crippen LogP contribution in [0.25, 0.3) is 0 Å². The molecule has 1 aromatic carbocycles. The second-order valence-corrected chi connectivity index (χ2v) is 4.36. The number of carbonyl (C=O) groups excluding carboxylic acids is 1. The molecule has 1 atom stereocenters. The summed E-state index contributed by atoms with van der Waals surface area (Å²) in [5.41, 5.74) is 0.484. The summed E-state index contributed by atoms with van der Waals surface area (Å²) in [4.78, 5) is 12.1. The number of rotatable bonds is 3. The van der Waals surface area contributed by atoms with Gasteiger partial charge in [-0.05, 0) is 43.9 Å². The Morgan fingerprint density at radius 2 is 2.11 bits per heavy atom.